The monoisotopic (exact) mass is 202 g/mol. The number of nitrogens with zero attached hydrogens (tertiary/aromatic N) is 2. The van der Waals surface area contributed by atoms with Gasteiger partial charge < -0.3 is 15.4 Å². The van der Waals surface area contributed by atoms with Gasteiger partial charge in [-0.15, -0.1) is 10.2 Å². The van der Waals surface area contributed by atoms with Gasteiger partial charge in [0.15, 0.2) is 0 Å². The van der Waals surface area contributed by atoms with Crippen molar-refractivity contribution in [1.82, 2.24) is 10.2 Å². The lowest BCUT2D eigenvalue weighted by Crippen LogP contribution is -2.08. The topological polar surface area (TPSA) is 59.1 Å². The van der Waals surface area contributed by atoms with Crippen LogP contribution in [0.3, 0.4) is 0 Å². The number of hydrogen-bond donors (Lipinski definition) is 2. The summed E-state index contributed by atoms with van der Waals surface area (Å²) in [6.07, 6.45) is 0. The second kappa shape index (κ2) is 5.71. The van der Waals surface area contributed by atoms with E-state index in [1.54, 1.807) is 0 Å². The van der Waals surface area contributed by atoms with Crippen molar-refractivity contribution in [3.63, 3.8) is 0 Å². The second-order valence-electron chi connectivity index (χ2n) is 2.29. The summed E-state index contributed by atoms with van der Waals surface area (Å²) in [5.74, 6) is 0. The Bertz CT molecular complexity index is 240. The molecule has 0 radical (unpaired) electrons. The molecule has 0 saturated heterocycles. The molecule has 74 valence electrons. The SMILES string of the molecule is CCOCCNc1nnc(NC)s1. The first-order valence-corrected chi connectivity index (χ1v) is 5.01. The third-order valence-corrected chi connectivity index (χ3v) is 2.26. The fraction of sp³-hybridized carbons (Fsp3) is 0.714. The molecule has 0 saturated carbocycles. The first-order chi connectivity index (χ1) is 6.36. The molecule has 0 spiro atoms. The van der Waals surface area contributed by atoms with Gasteiger partial charge in [0, 0.05) is 20.2 Å². The summed E-state index contributed by atoms with van der Waals surface area (Å²) in [6, 6.07) is 0. The maximum absolute atomic E-state index is 5.17. The number of nitrogens with one attached hydrogen (secondary N) is 2. The van der Waals surface area contributed by atoms with Gasteiger partial charge in [-0.1, -0.05) is 11.3 Å². The lowest BCUT2D eigenvalue weighted by molar-refractivity contribution is 0.158. The van der Waals surface area contributed by atoms with E-state index in [2.05, 4.69) is 20.8 Å². The minimum Gasteiger partial charge on any atom is -0.380 e. The van der Waals surface area contributed by atoms with Gasteiger partial charge in [-0.3, -0.25) is 0 Å². The van der Waals surface area contributed by atoms with Crippen LogP contribution in [0.4, 0.5) is 10.3 Å². The summed E-state index contributed by atoms with van der Waals surface area (Å²) in [5.41, 5.74) is 0. The molecule has 5 nitrogen and oxygen atoms in total. The Morgan fingerprint density at radius 3 is 2.77 bits per heavy atom. The van der Waals surface area contributed by atoms with Crippen LogP contribution in [0.25, 0.3) is 0 Å². The zero-order valence-electron chi connectivity index (χ0n) is 7.83. The van der Waals surface area contributed by atoms with Crippen LogP contribution in [-0.2, 0) is 4.74 Å². The summed E-state index contributed by atoms with van der Waals surface area (Å²) in [5, 5.41) is 15.5. The highest BCUT2D eigenvalue weighted by Gasteiger charge is 1.99. The molecule has 0 amide bonds. The largest absolute Gasteiger partial charge is 0.380 e. The normalized spacial score (nSPS) is 10.0. The Kier molecular flexibility index (Phi) is 4.48. The van der Waals surface area contributed by atoms with E-state index in [-0.39, 0.29) is 0 Å². The zero-order chi connectivity index (χ0) is 9.52. The molecule has 1 heterocycles. The molecule has 0 atom stereocenters. The van der Waals surface area contributed by atoms with Crippen LogP contribution in [0.2, 0.25) is 0 Å². The maximum Gasteiger partial charge on any atom is 0.207 e. The fourth-order valence-electron chi connectivity index (χ4n) is 0.770. The van der Waals surface area contributed by atoms with Crippen LogP contribution in [0.5, 0.6) is 0 Å². The minimum atomic E-state index is 0.699. The summed E-state index contributed by atoms with van der Waals surface area (Å²) in [6.45, 7) is 4.20. The number of hydrogen-bond acceptors (Lipinski definition) is 6. The minimum absolute atomic E-state index is 0.699. The van der Waals surface area contributed by atoms with Crippen LogP contribution in [0, 0.1) is 0 Å². The van der Waals surface area contributed by atoms with Gasteiger partial charge in [0.1, 0.15) is 0 Å². The molecule has 0 aliphatic heterocycles. The fourth-order valence-corrected chi connectivity index (χ4v) is 1.39. The van der Waals surface area contributed by atoms with Gasteiger partial charge in [-0.2, -0.15) is 0 Å². The molecule has 0 aromatic carbocycles. The van der Waals surface area contributed by atoms with Crippen LogP contribution in [0.15, 0.2) is 0 Å². The van der Waals surface area contributed by atoms with Crippen molar-refractivity contribution in [1.29, 1.82) is 0 Å². The van der Waals surface area contributed by atoms with Crippen LogP contribution >= 0.6 is 11.3 Å². The lowest BCUT2D eigenvalue weighted by Gasteiger charge is -2.00. The number of anilines is 2. The predicted octanol–water partition coefficient (Wildman–Crippen LogP) is 1.03. The summed E-state index contributed by atoms with van der Waals surface area (Å²) in [4.78, 5) is 0. The van der Waals surface area contributed by atoms with Crippen LogP contribution < -0.4 is 10.6 Å². The van der Waals surface area contributed by atoms with Crippen LogP contribution in [0.1, 0.15) is 6.92 Å². The molecule has 0 aliphatic rings. The molecule has 2 N–H and O–H groups in total. The maximum atomic E-state index is 5.17. The van der Waals surface area contributed by atoms with Gasteiger partial charge in [0.25, 0.3) is 0 Å². The first-order valence-electron chi connectivity index (χ1n) is 4.19. The van der Waals surface area contributed by atoms with Crippen molar-refractivity contribution in [2.45, 2.75) is 6.92 Å². The van der Waals surface area contributed by atoms with Crippen molar-refractivity contribution in [2.75, 3.05) is 37.4 Å². The van der Waals surface area contributed by atoms with E-state index in [1.165, 1.54) is 11.3 Å². The number of rotatable bonds is 6. The Morgan fingerprint density at radius 2 is 2.15 bits per heavy atom. The zero-order valence-corrected chi connectivity index (χ0v) is 8.65. The van der Waals surface area contributed by atoms with E-state index in [9.17, 15) is 0 Å². The molecule has 0 unspecified atom stereocenters. The molecular weight excluding hydrogens is 188 g/mol. The number of aromatic nitrogens is 2. The Labute approximate surface area is 81.5 Å². The van der Waals surface area contributed by atoms with Crippen molar-refractivity contribution < 1.29 is 4.74 Å². The molecule has 6 heteroatoms. The smallest absolute Gasteiger partial charge is 0.207 e. The van der Waals surface area contributed by atoms with Gasteiger partial charge >= 0.3 is 0 Å². The van der Waals surface area contributed by atoms with Gasteiger partial charge in [0.2, 0.25) is 10.3 Å². The molecular formula is C7H14N4OS. The van der Waals surface area contributed by atoms with Crippen molar-refractivity contribution in [3.8, 4) is 0 Å². The summed E-state index contributed by atoms with van der Waals surface area (Å²) >= 11 is 1.49. The van der Waals surface area contributed by atoms with E-state index in [0.717, 1.165) is 23.4 Å². The molecule has 0 aliphatic carbocycles. The second-order valence-corrected chi connectivity index (χ2v) is 3.26. The highest BCUT2D eigenvalue weighted by molar-refractivity contribution is 7.19. The van der Waals surface area contributed by atoms with Gasteiger partial charge in [-0.25, -0.2) is 0 Å². The molecule has 1 aromatic rings. The van der Waals surface area contributed by atoms with Crippen molar-refractivity contribution in [2.24, 2.45) is 0 Å². The molecule has 1 aromatic heterocycles. The number of ether oxygens (including phenoxy) is 1. The summed E-state index contributed by atoms with van der Waals surface area (Å²) < 4.78 is 5.17. The van der Waals surface area contributed by atoms with E-state index in [4.69, 9.17) is 4.74 Å². The Hall–Kier alpha value is -0.880. The van der Waals surface area contributed by atoms with E-state index in [1.807, 2.05) is 14.0 Å². The van der Waals surface area contributed by atoms with E-state index in [0.29, 0.717) is 6.61 Å². The van der Waals surface area contributed by atoms with Crippen molar-refractivity contribution in [3.05, 3.63) is 0 Å². The predicted molar refractivity (Wildman–Crippen MR) is 54.4 cm³/mol. The van der Waals surface area contributed by atoms with Crippen molar-refractivity contribution >= 4 is 21.6 Å². The summed E-state index contributed by atoms with van der Waals surface area (Å²) in [7, 11) is 1.82. The molecule has 0 bridgehead atoms. The highest BCUT2D eigenvalue weighted by atomic mass is 32.1. The standard InChI is InChI=1S/C7H14N4OS/c1-3-12-5-4-9-7-11-10-6(8-2)13-7/h3-5H2,1-2H3,(H,8,10)(H,9,11). The average molecular weight is 202 g/mol. The molecule has 1 rings (SSSR count). The Morgan fingerprint density at radius 1 is 1.38 bits per heavy atom. The van der Waals surface area contributed by atoms with E-state index < -0.39 is 0 Å². The van der Waals surface area contributed by atoms with E-state index >= 15 is 0 Å². The van der Waals surface area contributed by atoms with Gasteiger partial charge in [0.05, 0.1) is 6.61 Å². The quantitative estimate of drug-likeness (QED) is 0.675. The highest BCUT2D eigenvalue weighted by Crippen LogP contribution is 2.18. The van der Waals surface area contributed by atoms with Crippen LogP contribution in [-0.4, -0.2) is 37.0 Å². The third-order valence-electron chi connectivity index (χ3n) is 1.37. The average Bonchev–Trinajstić information content (AvgIpc) is 2.60. The van der Waals surface area contributed by atoms with Gasteiger partial charge in [-0.05, 0) is 6.92 Å². The third kappa shape index (κ3) is 3.56. The Balaban J connectivity index is 2.20. The molecule has 0 fully saturated rings. The lowest BCUT2D eigenvalue weighted by atomic mass is 10.7. The first kappa shape index (κ1) is 10.2. The molecule has 13 heavy (non-hydrogen) atoms.